The molecule has 1 heterocycles. The van der Waals surface area contributed by atoms with Gasteiger partial charge in [-0.1, -0.05) is 0 Å². The van der Waals surface area contributed by atoms with Crippen LogP contribution in [0.15, 0.2) is 12.3 Å². The molecule has 90 valence electrons. The van der Waals surface area contributed by atoms with E-state index in [1.165, 1.54) is 0 Å². The second-order valence-corrected chi connectivity index (χ2v) is 3.82. The van der Waals surface area contributed by atoms with E-state index in [4.69, 9.17) is 14.2 Å². The Morgan fingerprint density at radius 3 is 2.31 bits per heavy atom. The molecule has 0 fully saturated rings. The molecule has 0 aliphatic rings. The van der Waals surface area contributed by atoms with Crippen molar-refractivity contribution in [2.45, 2.75) is 25.7 Å². The van der Waals surface area contributed by atoms with Gasteiger partial charge in [-0.25, -0.2) is 9.97 Å². The summed E-state index contributed by atoms with van der Waals surface area (Å²) < 4.78 is 15.6. The minimum Gasteiger partial charge on any atom is -0.371 e. The van der Waals surface area contributed by atoms with Crippen LogP contribution in [0.5, 0.6) is 0 Å². The van der Waals surface area contributed by atoms with Crippen molar-refractivity contribution in [2.24, 2.45) is 0 Å². The van der Waals surface area contributed by atoms with Crippen molar-refractivity contribution in [3.63, 3.8) is 0 Å². The van der Waals surface area contributed by atoms with Gasteiger partial charge in [-0.15, -0.1) is 0 Å². The molecule has 0 atom stereocenters. The standard InChI is InChI=1S/C11H18N2O3/c1-11(2,16-5)10-12-7-6-8(13-10)9(14-3)15-4/h6-7,9H,1-5H3. The number of hydrogen-bond acceptors (Lipinski definition) is 5. The van der Waals surface area contributed by atoms with E-state index in [2.05, 4.69) is 9.97 Å². The first kappa shape index (κ1) is 13.0. The first-order valence-corrected chi connectivity index (χ1v) is 4.99. The number of aromatic nitrogens is 2. The number of nitrogens with zero attached hydrogens (tertiary/aromatic N) is 2. The lowest BCUT2D eigenvalue weighted by Gasteiger charge is -2.22. The summed E-state index contributed by atoms with van der Waals surface area (Å²) in [5.74, 6) is 0.603. The van der Waals surface area contributed by atoms with Crippen LogP contribution in [-0.2, 0) is 19.8 Å². The Balaban J connectivity index is 3.03. The van der Waals surface area contributed by atoms with E-state index in [1.807, 2.05) is 13.8 Å². The number of ether oxygens (including phenoxy) is 3. The smallest absolute Gasteiger partial charge is 0.200 e. The monoisotopic (exact) mass is 226 g/mol. The SMILES string of the molecule is COC(OC)c1ccnc(C(C)(C)OC)n1. The average molecular weight is 226 g/mol. The summed E-state index contributed by atoms with van der Waals surface area (Å²) in [6.45, 7) is 3.81. The second kappa shape index (κ2) is 5.34. The third-order valence-electron chi connectivity index (χ3n) is 2.40. The van der Waals surface area contributed by atoms with Crippen LogP contribution in [0, 0.1) is 0 Å². The van der Waals surface area contributed by atoms with Crippen LogP contribution in [0.3, 0.4) is 0 Å². The van der Waals surface area contributed by atoms with Gasteiger partial charge in [0.1, 0.15) is 11.3 Å². The van der Waals surface area contributed by atoms with Gasteiger partial charge in [-0.3, -0.25) is 0 Å². The Kier molecular flexibility index (Phi) is 4.35. The normalized spacial score (nSPS) is 12.1. The summed E-state index contributed by atoms with van der Waals surface area (Å²) in [5.41, 5.74) is 0.155. The summed E-state index contributed by atoms with van der Waals surface area (Å²) >= 11 is 0. The molecule has 1 aromatic heterocycles. The number of rotatable bonds is 5. The fraction of sp³-hybridized carbons (Fsp3) is 0.636. The van der Waals surface area contributed by atoms with E-state index in [9.17, 15) is 0 Å². The zero-order valence-corrected chi connectivity index (χ0v) is 10.4. The molecule has 0 bridgehead atoms. The second-order valence-electron chi connectivity index (χ2n) is 3.82. The molecule has 0 amide bonds. The Morgan fingerprint density at radius 2 is 1.81 bits per heavy atom. The van der Waals surface area contributed by atoms with E-state index in [1.54, 1.807) is 33.6 Å². The van der Waals surface area contributed by atoms with Crippen LogP contribution in [0.4, 0.5) is 0 Å². The lowest BCUT2D eigenvalue weighted by molar-refractivity contribution is -0.109. The van der Waals surface area contributed by atoms with Gasteiger partial charge in [0.25, 0.3) is 0 Å². The van der Waals surface area contributed by atoms with Crippen LogP contribution < -0.4 is 0 Å². The predicted octanol–water partition coefficient (Wildman–Crippen LogP) is 1.65. The first-order chi connectivity index (χ1) is 7.55. The lowest BCUT2D eigenvalue weighted by Crippen LogP contribution is -2.24. The molecular formula is C11H18N2O3. The average Bonchev–Trinajstić information content (AvgIpc) is 2.31. The Bertz CT molecular complexity index is 338. The number of methoxy groups -OCH3 is 3. The highest BCUT2D eigenvalue weighted by Gasteiger charge is 2.24. The molecule has 0 aliphatic carbocycles. The molecule has 5 heteroatoms. The maximum atomic E-state index is 5.32. The van der Waals surface area contributed by atoms with Crippen LogP contribution in [-0.4, -0.2) is 31.3 Å². The molecule has 0 aromatic carbocycles. The molecule has 0 aliphatic heterocycles. The molecule has 5 nitrogen and oxygen atoms in total. The van der Waals surface area contributed by atoms with Crippen molar-refractivity contribution in [3.8, 4) is 0 Å². The fourth-order valence-corrected chi connectivity index (χ4v) is 1.22. The van der Waals surface area contributed by atoms with Crippen LogP contribution in [0.25, 0.3) is 0 Å². The first-order valence-electron chi connectivity index (χ1n) is 4.99. The molecule has 1 aromatic rings. The van der Waals surface area contributed by atoms with E-state index in [0.29, 0.717) is 11.5 Å². The van der Waals surface area contributed by atoms with Gasteiger partial charge in [0, 0.05) is 27.5 Å². The third-order valence-corrected chi connectivity index (χ3v) is 2.40. The largest absolute Gasteiger partial charge is 0.371 e. The van der Waals surface area contributed by atoms with Crippen molar-refractivity contribution in [1.29, 1.82) is 0 Å². The van der Waals surface area contributed by atoms with Crippen LogP contribution in [0.2, 0.25) is 0 Å². The molecule has 16 heavy (non-hydrogen) atoms. The summed E-state index contributed by atoms with van der Waals surface area (Å²) in [5, 5.41) is 0. The van der Waals surface area contributed by atoms with Crippen molar-refractivity contribution < 1.29 is 14.2 Å². The van der Waals surface area contributed by atoms with E-state index in [0.717, 1.165) is 0 Å². The van der Waals surface area contributed by atoms with Crippen molar-refractivity contribution >= 4 is 0 Å². The van der Waals surface area contributed by atoms with E-state index < -0.39 is 11.9 Å². The zero-order chi connectivity index (χ0) is 12.2. The number of hydrogen-bond donors (Lipinski definition) is 0. The summed E-state index contributed by atoms with van der Waals surface area (Å²) in [6, 6.07) is 1.76. The zero-order valence-electron chi connectivity index (χ0n) is 10.4. The molecule has 0 unspecified atom stereocenters. The predicted molar refractivity (Wildman–Crippen MR) is 58.8 cm³/mol. The maximum absolute atomic E-state index is 5.32. The molecule has 0 N–H and O–H groups in total. The minimum absolute atomic E-state index is 0.477. The molecule has 1 rings (SSSR count). The highest BCUT2D eigenvalue weighted by molar-refractivity contribution is 5.08. The molecule has 0 saturated carbocycles. The highest BCUT2D eigenvalue weighted by atomic mass is 16.7. The molecule has 0 saturated heterocycles. The van der Waals surface area contributed by atoms with E-state index >= 15 is 0 Å². The Labute approximate surface area is 95.8 Å². The summed E-state index contributed by atoms with van der Waals surface area (Å²) in [4.78, 5) is 8.56. The van der Waals surface area contributed by atoms with Gasteiger partial charge in [0.15, 0.2) is 5.82 Å². The Hall–Kier alpha value is -1.04. The van der Waals surface area contributed by atoms with Gasteiger partial charge in [0.05, 0.1) is 0 Å². The van der Waals surface area contributed by atoms with Gasteiger partial charge < -0.3 is 14.2 Å². The van der Waals surface area contributed by atoms with Gasteiger partial charge in [0.2, 0.25) is 6.29 Å². The van der Waals surface area contributed by atoms with Crippen molar-refractivity contribution in [3.05, 3.63) is 23.8 Å². The van der Waals surface area contributed by atoms with Crippen molar-refractivity contribution in [2.75, 3.05) is 21.3 Å². The maximum Gasteiger partial charge on any atom is 0.200 e. The van der Waals surface area contributed by atoms with Gasteiger partial charge in [-0.05, 0) is 19.9 Å². The molecule has 0 spiro atoms. The highest BCUT2D eigenvalue weighted by Crippen LogP contribution is 2.22. The molecule has 0 radical (unpaired) electrons. The van der Waals surface area contributed by atoms with Crippen LogP contribution >= 0.6 is 0 Å². The lowest BCUT2D eigenvalue weighted by atomic mass is 10.1. The van der Waals surface area contributed by atoms with Gasteiger partial charge in [-0.2, -0.15) is 0 Å². The fourth-order valence-electron chi connectivity index (χ4n) is 1.22. The summed E-state index contributed by atoms with van der Waals surface area (Å²) in [6.07, 6.45) is 1.19. The van der Waals surface area contributed by atoms with E-state index in [-0.39, 0.29) is 0 Å². The topological polar surface area (TPSA) is 53.5 Å². The Morgan fingerprint density at radius 1 is 1.19 bits per heavy atom. The minimum atomic E-state index is -0.526. The van der Waals surface area contributed by atoms with Crippen LogP contribution in [0.1, 0.15) is 31.7 Å². The summed E-state index contributed by atoms with van der Waals surface area (Å²) in [7, 11) is 4.76. The quantitative estimate of drug-likeness (QED) is 0.714. The molecular weight excluding hydrogens is 208 g/mol. The van der Waals surface area contributed by atoms with Gasteiger partial charge >= 0.3 is 0 Å². The van der Waals surface area contributed by atoms with Crippen molar-refractivity contribution in [1.82, 2.24) is 9.97 Å². The third kappa shape index (κ3) is 2.75.